The van der Waals surface area contributed by atoms with Crippen LogP contribution < -0.4 is 10.2 Å². The second kappa shape index (κ2) is 8.13. The van der Waals surface area contributed by atoms with Gasteiger partial charge >= 0.3 is 0 Å². The number of ether oxygens (including phenoxy) is 1. The van der Waals surface area contributed by atoms with Crippen LogP contribution in [-0.2, 0) is 11.2 Å². The molecule has 0 aliphatic carbocycles. The Hall–Kier alpha value is -2.62. The first-order valence-corrected chi connectivity index (χ1v) is 7.73. The highest BCUT2D eigenvalue weighted by Gasteiger charge is 2.13. The Morgan fingerprint density at radius 1 is 1.26 bits per heavy atom. The number of hydrogen-bond donors (Lipinski definition) is 1. The van der Waals surface area contributed by atoms with Crippen LogP contribution in [0, 0.1) is 6.92 Å². The quantitative estimate of drug-likeness (QED) is 0.656. The van der Waals surface area contributed by atoms with E-state index in [4.69, 9.17) is 4.74 Å². The maximum absolute atomic E-state index is 12.0. The van der Waals surface area contributed by atoms with Crippen molar-refractivity contribution in [2.75, 3.05) is 0 Å². The number of hydrazone groups is 1. The molecule has 0 radical (unpaired) electrons. The molecule has 2 aromatic rings. The van der Waals surface area contributed by atoms with E-state index in [2.05, 4.69) is 17.5 Å². The number of carbonyl (C=O) groups excluding carboxylic acids is 1. The zero-order chi connectivity index (χ0) is 16.7. The molecule has 0 saturated heterocycles. The van der Waals surface area contributed by atoms with Gasteiger partial charge in [-0.25, -0.2) is 5.43 Å². The molecule has 0 aromatic heterocycles. The van der Waals surface area contributed by atoms with Crippen molar-refractivity contribution in [1.82, 2.24) is 5.43 Å². The van der Waals surface area contributed by atoms with Crippen LogP contribution in [0.3, 0.4) is 0 Å². The molecule has 1 unspecified atom stereocenters. The molecule has 0 spiro atoms. The molecule has 4 nitrogen and oxygen atoms in total. The summed E-state index contributed by atoms with van der Waals surface area (Å²) in [5.41, 5.74) is 5.80. The zero-order valence-electron chi connectivity index (χ0n) is 13.7. The predicted octanol–water partition coefficient (Wildman–Crippen LogP) is 3.48. The predicted molar refractivity (Wildman–Crippen MR) is 92.8 cm³/mol. The largest absolute Gasteiger partial charge is 0.481 e. The van der Waals surface area contributed by atoms with Crippen molar-refractivity contribution in [3.05, 3.63) is 65.2 Å². The van der Waals surface area contributed by atoms with Crippen LogP contribution in [-0.4, -0.2) is 18.2 Å². The van der Waals surface area contributed by atoms with Gasteiger partial charge in [-0.05, 0) is 49.1 Å². The molecule has 0 aliphatic rings. The molecule has 1 N–H and O–H groups in total. The number of rotatable bonds is 6. The average Bonchev–Trinajstić information content (AvgIpc) is 2.55. The average molecular weight is 310 g/mol. The van der Waals surface area contributed by atoms with Gasteiger partial charge in [0, 0.05) is 0 Å². The van der Waals surface area contributed by atoms with Gasteiger partial charge in [0.05, 0.1) is 6.21 Å². The first kappa shape index (κ1) is 16.7. The van der Waals surface area contributed by atoms with Crippen molar-refractivity contribution in [1.29, 1.82) is 0 Å². The van der Waals surface area contributed by atoms with E-state index >= 15 is 0 Å². The molecule has 2 aromatic carbocycles. The fraction of sp³-hybridized carbons (Fsp3) is 0.263. The maximum atomic E-state index is 12.0. The van der Waals surface area contributed by atoms with Crippen LogP contribution in [0.25, 0.3) is 0 Å². The topological polar surface area (TPSA) is 50.7 Å². The summed E-state index contributed by atoms with van der Waals surface area (Å²) in [6, 6.07) is 15.6. The highest BCUT2D eigenvalue weighted by molar-refractivity contribution is 5.84. The van der Waals surface area contributed by atoms with E-state index in [0.29, 0.717) is 5.75 Å². The smallest absolute Gasteiger partial charge is 0.280 e. The van der Waals surface area contributed by atoms with Crippen LogP contribution in [0.4, 0.5) is 0 Å². The molecule has 0 heterocycles. The summed E-state index contributed by atoms with van der Waals surface area (Å²) in [5.74, 6) is 0.389. The highest BCUT2D eigenvalue weighted by Crippen LogP contribution is 2.14. The fourth-order valence-electron chi connectivity index (χ4n) is 2.05. The number of hydrogen-bond acceptors (Lipinski definition) is 3. The van der Waals surface area contributed by atoms with Gasteiger partial charge in [-0.2, -0.15) is 5.10 Å². The van der Waals surface area contributed by atoms with Gasteiger partial charge in [-0.15, -0.1) is 0 Å². The van der Waals surface area contributed by atoms with Crippen LogP contribution in [0.1, 0.15) is 30.5 Å². The lowest BCUT2D eigenvalue weighted by Gasteiger charge is -2.13. The molecule has 120 valence electrons. The van der Waals surface area contributed by atoms with E-state index in [0.717, 1.165) is 17.5 Å². The normalized spacial score (nSPS) is 12.1. The van der Waals surface area contributed by atoms with Crippen molar-refractivity contribution in [2.24, 2.45) is 5.10 Å². The van der Waals surface area contributed by atoms with Crippen molar-refractivity contribution in [3.8, 4) is 5.75 Å². The second-order valence-electron chi connectivity index (χ2n) is 5.41. The van der Waals surface area contributed by atoms with Crippen LogP contribution in [0.15, 0.2) is 53.6 Å². The lowest BCUT2D eigenvalue weighted by molar-refractivity contribution is -0.127. The molecular weight excluding hydrogens is 288 g/mol. The van der Waals surface area contributed by atoms with E-state index in [1.54, 1.807) is 13.1 Å². The SMILES string of the molecule is CCc1ccc(C=NNC(=O)C(C)Oc2cccc(C)c2)cc1. The Morgan fingerprint density at radius 2 is 2.00 bits per heavy atom. The zero-order valence-corrected chi connectivity index (χ0v) is 13.7. The molecule has 0 aliphatic heterocycles. The van der Waals surface area contributed by atoms with Crippen molar-refractivity contribution < 1.29 is 9.53 Å². The highest BCUT2D eigenvalue weighted by atomic mass is 16.5. The third-order valence-electron chi connectivity index (χ3n) is 3.45. The number of benzene rings is 2. The van der Waals surface area contributed by atoms with Crippen molar-refractivity contribution in [2.45, 2.75) is 33.3 Å². The van der Waals surface area contributed by atoms with Crippen LogP contribution >= 0.6 is 0 Å². The van der Waals surface area contributed by atoms with Crippen LogP contribution in [0.2, 0.25) is 0 Å². The molecular formula is C19H22N2O2. The number of carbonyl (C=O) groups is 1. The first-order chi connectivity index (χ1) is 11.1. The summed E-state index contributed by atoms with van der Waals surface area (Å²) in [7, 11) is 0. The van der Waals surface area contributed by atoms with Gasteiger partial charge in [-0.3, -0.25) is 4.79 Å². The summed E-state index contributed by atoms with van der Waals surface area (Å²) in [6.07, 6.45) is 2.01. The number of nitrogens with one attached hydrogen (secondary N) is 1. The van der Waals surface area contributed by atoms with E-state index in [1.807, 2.05) is 55.5 Å². The molecule has 23 heavy (non-hydrogen) atoms. The molecule has 4 heteroatoms. The summed E-state index contributed by atoms with van der Waals surface area (Å²) in [6.45, 7) is 5.79. The Bertz CT molecular complexity index is 678. The molecule has 0 fully saturated rings. The first-order valence-electron chi connectivity index (χ1n) is 7.73. The fourth-order valence-corrected chi connectivity index (χ4v) is 2.05. The molecule has 0 bridgehead atoms. The molecule has 1 atom stereocenters. The molecule has 1 amide bonds. The standard InChI is InChI=1S/C19H22N2O2/c1-4-16-8-10-17(11-9-16)13-20-21-19(22)15(3)23-18-7-5-6-14(2)12-18/h5-13,15H,4H2,1-3H3,(H,21,22). The molecule has 0 saturated carbocycles. The lowest BCUT2D eigenvalue weighted by atomic mass is 10.1. The van der Waals surface area contributed by atoms with Gasteiger partial charge in [-0.1, -0.05) is 43.3 Å². The van der Waals surface area contributed by atoms with Gasteiger partial charge in [0.2, 0.25) is 0 Å². The minimum absolute atomic E-state index is 0.284. The van der Waals surface area contributed by atoms with Gasteiger partial charge in [0.15, 0.2) is 6.10 Å². The number of nitrogens with zero attached hydrogens (tertiary/aromatic N) is 1. The Labute approximate surface area is 137 Å². The summed E-state index contributed by atoms with van der Waals surface area (Å²) >= 11 is 0. The Morgan fingerprint density at radius 3 is 2.65 bits per heavy atom. The van der Waals surface area contributed by atoms with E-state index < -0.39 is 6.10 Å². The minimum Gasteiger partial charge on any atom is -0.481 e. The van der Waals surface area contributed by atoms with E-state index in [-0.39, 0.29) is 5.91 Å². The summed E-state index contributed by atoms with van der Waals surface area (Å²) in [4.78, 5) is 12.0. The Balaban J connectivity index is 1.86. The van der Waals surface area contributed by atoms with Crippen molar-refractivity contribution in [3.63, 3.8) is 0 Å². The van der Waals surface area contributed by atoms with Gasteiger partial charge in [0.1, 0.15) is 5.75 Å². The summed E-state index contributed by atoms with van der Waals surface area (Å²) < 4.78 is 5.60. The Kier molecular flexibility index (Phi) is 5.92. The molecule has 2 rings (SSSR count). The second-order valence-corrected chi connectivity index (χ2v) is 5.41. The third-order valence-corrected chi connectivity index (χ3v) is 3.45. The van der Waals surface area contributed by atoms with E-state index in [9.17, 15) is 4.79 Å². The van der Waals surface area contributed by atoms with Crippen molar-refractivity contribution >= 4 is 12.1 Å². The van der Waals surface area contributed by atoms with E-state index in [1.165, 1.54) is 5.56 Å². The third kappa shape index (κ3) is 5.25. The monoisotopic (exact) mass is 310 g/mol. The summed E-state index contributed by atoms with van der Waals surface area (Å²) in [5, 5.41) is 3.97. The van der Waals surface area contributed by atoms with Gasteiger partial charge in [0.25, 0.3) is 5.91 Å². The minimum atomic E-state index is -0.614. The van der Waals surface area contributed by atoms with Gasteiger partial charge < -0.3 is 4.74 Å². The number of amides is 1. The lowest BCUT2D eigenvalue weighted by Crippen LogP contribution is -2.33. The van der Waals surface area contributed by atoms with Crippen LogP contribution in [0.5, 0.6) is 5.75 Å². The maximum Gasteiger partial charge on any atom is 0.280 e. The number of aryl methyl sites for hydroxylation is 2.